The van der Waals surface area contributed by atoms with E-state index >= 15 is 0 Å². The minimum atomic E-state index is -3.29. The second-order valence-corrected chi connectivity index (χ2v) is 10.9. The van der Waals surface area contributed by atoms with Crippen molar-refractivity contribution in [1.82, 2.24) is 9.21 Å². The van der Waals surface area contributed by atoms with Crippen molar-refractivity contribution in [3.8, 4) is 0 Å². The zero-order valence-electron chi connectivity index (χ0n) is 12.7. The predicted molar refractivity (Wildman–Crippen MR) is 93.8 cm³/mol. The molecule has 22 heavy (non-hydrogen) atoms. The molecule has 1 aromatic rings. The molecule has 0 saturated carbocycles. The summed E-state index contributed by atoms with van der Waals surface area (Å²) < 4.78 is 28.2. The summed E-state index contributed by atoms with van der Waals surface area (Å²) in [6.45, 7) is 4.93. The molecule has 2 aliphatic rings. The van der Waals surface area contributed by atoms with Crippen LogP contribution in [-0.4, -0.2) is 50.3 Å². The first-order valence-corrected chi connectivity index (χ1v) is 11.1. The fourth-order valence-electron chi connectivity index (χ4n) is 3.40. The van der Waals surface area contributed by atoms with Gasteiger partial charge < -0.3 is 4.90 Å². The molecule has 0 aliphatic carbocycles. The molecule has 0 bridgehead atoms. The van der Waals surface area contributed by atoms with E-state index in [1.165, 1.54) is 43.7 Å². The Kier molecular flexibility index (Phi) is 5.60. The van der Waals surface area contributed by atoms with Gasteiger partial charge in [-0.3, -0.25) is 0 Å². The highest BCUT2D eigenvalue weighted by Crippen LogP contribution is 2.31. The largest absolute Gasteiger partial charge is 0.303 e. The average molecular weight is 407 g/mol. The van der Waals surface area contributed by atoms with Crippen LogP contribution in [0.15, 0.2) is 20.1 Å². The lowest BCUT2D eigenvalue weighted by atomic mass is 9.96. The average Bonchev–Trinajstić information content (AvgIpc) is 2.96. The van der Waals surface area contributed by atoms with E-state index in [4.69, 9.17) is 0 Å². The van der Waals surface area contributed by atoms with Crippen molar-refractivity contribution in [3.63, 3.8) is 0 Å². The lowest BCUT2D eigenvalue weighted by Gasteiger charge is -2.35. The molecule has 3 rings (SSSR count). The molecule has 0 radical (unpaired) electrons. The van der Waals surface area contributed by atoms with Gasteiger partial charge in [-0.1, -0.05) is 6.42 Å². The number of halogens is 1. The van der Waals surface area contributed by atoms with Gasteiger partial charge in [0.15, 0.2) is 0 Å². The second kappa shape index (κ2) is 7.30. The molecule has 4 nitrogen and oxygen atoms in total. The maximum atomic E-state index is 12.6. The SMILES string of the molecule is O=S(=O)(c1ccc(Br)s1)N1CCC(CN2CCCCC2)CC1. The van der Waals surface area contributed by atoms with Crippen molar-refractivity contribution in [2.24, 2.45) is 5.92 Å². The smallest absolute Gasteiger partial charge is 0.252 e. The van der Waals surface area contributed by atoms with Gasteiger partial charge in [0.25, 0.3) is 10.0 Å². The molecule has 1 aromatic heterocycles. The minimum absolute atomic E-state index is 0.453. The Bertz CT molecular complexity index is 588. The number of hydrogen-bond donors (Lipinski definition) is 0. The van der Waals surface area contributed by atoms with Crippen LogP contribution in [0.5, 0.6) is 0 Å². The van der Waals surface area contributed by atoms with Gasteiger partial charge in [0.05, 0.1) is 3.79 Å². The van der Waals surface area contributed by atoms with Gasteiger partial charge in [0.1, 0.15) is 4.21 Å². The summed E-state index contributed by atoms with van der Waals surface area (Å²) >= 11 is 4.64. The highest BCUT2D eigenvalue weighted by molar-refractivity contribution is 9.11. The van der Waals surface area contributed by atoms with Crippen LogP contribution in [0, 0.1) is 5.92 Å². The van der Waals surface area contributed by atoms with E-state index in [1.54, 1.807) is 16.4 Å². The van der Waals surface area contributed by atoms with Gasteiger partial charge in [-0.05, 0) is 72.8 Å². The van der Waals surface area contributed by atoms with E-state index in [2.05, 4.69) is 20.8 Å². The highest BCUT2D eigenvalue weighted by atomic mass is 79.9. The molecule has 7 heteroatoms. The number of likely N-dealkylation sites (tertiary alicyclic amines) is 1. The number of hydrogen-bond acceptors (Lipinski definition) is 4. The number of sulfonamides is 1. The normalized spacial score (nSPS) is 23.0. The van der Waals surface area contributed by atoms with Crippen molar-refractivity contribution in [1.29, 1.82) is 0 Å². The lowest BCUT2D eigenvalue weighted by Crippen LogP contribution is -2.42. The van der Waals surface area contributed by atoms with Gasteiger partial charge in [0, 0.05) is 19.6 Å². The molecule has 3 heterocycles. The number of thiophene rings is 1. The van der Waals surface area contributed by atoms with Crippen LogP contribution >= 0.6 is 27.3 Å². The summed E-state index contributed by atoms with van der Waals surface area (Å²) in [5.41, 5.74) is 0. The Morgan fingerprint density at radius 2 is 1.77 bits per heavy atom. The summed E-state index contributed by atoms with van der Waals surface area (Å²) in [5.74, 6) is 0.652. The summed E-state index contributed by atoms with van der Waals surface area (Å²) in [7, 11) is -3.29. The van der Waals surface area contributed by atoms with Crippen molar-refractivity contribution in [2.75, 3.05) is 32.7 Å². The second-order valence-electron chi connectivity index (χ2n) is 6.27. The first-order valence-electron chi connectivity index (χ1n) is 8.03. The molecule has 0 aromatic carbocycles. The number of rotatable bonds is 4. The summed E-state index contributed by atoms with van der Waals surface area (Å²) in [6.07, 6.45) is 5.98. The molecule has 124 valence electrons. The number of nitrogens with zero attached hydrogens (tertiary/aromatic N) is 2. The Balaban J connectivity index is 1.55. The van der Waals surface area contributed by atoms with Crippen LogP contribution in [0.1, 0.15) is 32.1 Å². The monoisotopic (exact) mass is 406 g/mol. The topological polar surface area (TPSA) is 40.6 Å². The fraction of sp³-hybridized carbons (Fsp3) is 0.733. The first-order chi connectivity index (χ1) is 10.6. The molecule has 0 amide bonds. The van der Waals surface area contributed by atoms with Gasteiger partial charge in [-0.15, -0.1) is 11.3 Å². The van der Waals surface area contributed by atoms with Crippen LogP contribution < -0.4 is 0 Å². The molecule has 0 N–H and O–H groups in total. The Morgan fingerprint density at radius 3 is 2.36 bits per heavy atom. The van der Waals surface area contributed by atoms with Gasteiger partial charge in [-0.25, -0.2) is 8.42 Å². The van der Waals surface area contributed by atoms with E-state index in [9.17, 15) is 8.42 Å². The van der Waals surface area contributed by atoms with Crippen molar-refractivity contribution < 1.29 is 8.42 Å². The predicted octanol–water partition coefficient (Wildman–Crippen LogP) is 3.40. The Morgan fingerprint density at radius 1 is 1.09 bits per heavy atom. The molecule has 0 atom stereocenters. The summed E-state index contributed by atoms with van der Waals surface area (Å²) in [5, 5.41) is 0. The van der Waals surface area contributed by atoms with Crippen molar-refractivity contribution in [2.45, 2.75) is 36.3 Å². The third-order valence-corrected chi connectivity index (χ3v) is 8.67. The summed E-state index contributed by atoms with van der Waals surface area (Å²) in [4.78, 5) is 2.56. The van der Waals surface area contributed by atoms with Crippen LogP contribution in [0.25, 0.3) is 0 Å². The third-order valence-electron chi connectivity index (χ3n) is 4.68. The van der Waals surface area contributed by atoms with Crippen LogP contribution in [0.3, 0.4) is 0 Å². The lowest BCUT2D eigenvalue weighted by molar-refractivity contribution is 0.161. The Hall–Kier alpha value is 0.0500. The maximum absolute atomic E-state index is 12.6. The Labute approximate surface area is 145 Å². The van der Waals surface area contributed by atoms with Gasteiger partial charge >= 0.3 is 0 Å². The van der Waals surface area contributed by atoms with Gasteiger partial charge in [0.2, 0.25) is 0 Å². The molecule has 2 aliphatic heterocycles. The van der Waals surface area contributed by atoms with E-state index in [0.717, 1.165) is 23.2 Å². The molecule has 0 unspecified atom stereocenters. The fourth-order valence-corrected chi connectivity index (χ4v) is 7.04. The highest BCUT2D eigenvalue weighted by Gasteiger charge is 2.31. The van der Waals surface area contributed by atoms with Crippen molar-refractivity contribution in [3.05, 3.63) is 15.9 Å². The molecule has 2 fully saturated rings. The maximum Gasteiger partial charge on any atom is 0.252 e. The standard InChI is InChI=1S/C15H23BrN2O2S2/c16-14-4-5-15(21-14)22(19,20)18-10-6-13(7-11-18)12-17-8-2-1-3-9-17/h4-5,13H,1-3,6-12H2. The van der Waals surface area contributed by atoms with E-state index < -0.39 is 10.0 Å². The third kappa shape index (κ3) is 3.93. The van der Waals surface area contributed by atoms with Crippen LogP contribution in [-0.2, 0) is 10.0 Å². The molecule has 2 saturated heterocycles. The summed E-state index contributed by atoms with van der Waals surface area (Å²) in [6, 6.07) is 3.50. The first kappa shape index (κ1) is 16.9. The van der Waals surface area contributed by atoms with E-state index in [1.807, 2.05) is 0 Å². The molecular weight excluding hydrogens is 384 g/mol. The quantitative estimate of drug-likeness (QED) is 0.768. The zero-order chi connectivity index (χ0) is 15.6. The van der Waals surface area contributed by atoms with Crippen LogP contribution in [0.2, 0.25) is 0 Å². The number of piperidine rings is 2. The molecule has 0 spiro atoms. The van der Waals surface area contributed by atoms with Gasteiger partial charge in [-0.2, -0.15) is 4.31 Å². The van der Waals surface area contributed by atoms with Crippen LogP contribution in [0.4, 0.5) is 0 Å². The molecular formula is C15H23BrN2O2S2. The minimum Gasteiger partial charge on any atom is -0.303 e. The van der Waals surface area contributed by atoms with E-state index in [-0.39, 0.29) is 0 Å². The zero-order valence-corrected chi connectivity index (χ0v) is 15.9. The van der Waals surface area contributed by atoms with Crippen molar-refractivity contribution >= 4 is 37.3 Å². The van der Waals surface area contributed by atoms with E-state index in [0.29, 0.717) is 23.2 Å².